The molecule has 0 saturated carbocycles. The number of para-hydroxylation sites is 2. The highest BCUT2D eigenvalue weighted by Gasteiger charge is 2.36. The monoisotopic (exact) mass is 347 g/mol. The van der Waals surface area contributed by atoms with Crippen molar-refractivity contribution >= 4 is 0 Å². The number of hydrogen-bond donors (Lipinski definition) is 1. The number of H-pyrrole nitrogens is 1. The number of ether oxygens (including phenoxy) is 2. The summed E-state index contributed by atoms with van der Waals surface area (Å²) in [5, 5.41) is 7.74. The molecule has 0 aliphatic carbocycles. The van der Waals surface area contributed by atoms with Crippen molar-refractivity contribution in [2.45, 2.75) is 32.0 Å². The van der Waals surface area contributed by atoms with E-state index in [0.29, 0.717) is 0 Å². The predicted octanol–water partition coefficient (Wildman–Crippen LogP) is 4.63. The molecule has 0 bridgehead atoms. The molecule has 0 saturated heterocycles. The highest BCUT2D eigenvalue weighted by atomic mass is 16.7. The zero-order valence-electron chi connectivity index (χ0n) is 14.7. The quantitative estimate of drug-likeness (QED) is 0.661. The molecule has 5 nitrogen and oxygen atoms in total. The van der Waals surface area contributed by atoms with E-state index in [-0.39, 0.29) is 5.92 Å². The summed E-state index contributed by atoms with van der Waals surface area (Å²) >= 11 is 0. The highest BCUT2D eigenvalue weighted by molar-refractivity contribution is 5.68. The maximum Gasteiger partial charge on any atom is 0.249 e. The number of nitrogens with one attached hydrogen (secondary N) is 1. The Morgan fingerprint density at radius 1 is 1.15 bits per heavy atom. The van der Waals surface area contributed by atoms with Crippen molar-refractivity contribution in [1.29, 1.82) is 0 Å². The Labute approximate surface area is 152 Å². The Balaban J connectivity index is 1.72. The minimum absolute atomic E-state index is 0.0199. The predicted molar refractivity (Wildman–Crippen MR) is 100 cm³/mol. The van der Waals surface area contributed by atoms with E-state index in [4.69, 9.17) is 9.47 Å². The molecule has 2 aromatic heterocycles. The van der Waals surface area contributed by atoms with Gasteiger partial charge in [0.25, 0.3) is 0 Å². The van der Waals surface area contributed by atoms with Crippen LogP contribution in [0.15, 0.2) is 61.4 Å². The molecule has 1 N–H and O–H groups in total. The first-order chi connectivity index (χ1) is 12.8. The lowest BCUT2D eigenvalue weighted by molar-refractivity contribution is 0.0205. The number of aromatic nitrogens is 3. The van der Waals surface area contributed by atoms with E-state index < -0.39 is 6.29 Å². The van der Waals surface area contributed by atoms with Crippen LogP contribution in [0.4, 0.5) is 0 Å². The van der Waals surface area contributed by atoms with Gasteiger partial charge >= 0.3 is 0 Å². The van der Waals surface area contributed by atoms with E-state index in [2.05, 4.69) is 21.8 Å². The van der Waals surface area contributed by atoms with E-state index >= 15 is 0 Å². The van der Waals surface area contributed by atoms with E-state index in [1.54, 1.807) is 12.4 Å². The fourth-order valence-electron chi connectivity index (χ4n) is 3.38. The molecule has 4 rings (SSSR count). The lowest BCUT2D eigenvalue weighted by atomic mass is 9.92. The van der Waals surface area contributed by atoms with Crippen LogP contribution in [-0.2, 0) is 0 Å². The summed E-state index contributed by atoms with van der Waals surface area (Å²) in [6.07, 6.45) is 6.79. The minimum atomic E-state index is -0.407. The smallest absolute Gasteiger partial charge is 0.249 e. The number of hydrogen-bond acceptors (Lipinski definition) is 4. The van der Waals surface area contributed by atoms with Gasteiger partial charge in [0, 0.05) is 23.7 Å². The summed E-state index contributed by atoms with van der Waals surface area (Å²) < 4.78 is 12.2. The van der Waals surface area contributed by atoms with Crippen LogP contribution in [-0.4, -0.2) is 21.5 Å². The molecule has 0 fully saturated rings. The van der Waals surface area contributed by atoms with Gasteiger partial charge in [0.15, 0.2) is 11.5 Å². The fraction of sp³-hybridized carbons (Fsp3) is 0.238. The van der Waals surface area contributed by atoms with Crippen molar-refractivity contribution in [2.75, 3.05) is 0 Å². The standard InChI is InChI=1S/C21H21N3O2/c1-3-4-7-16(21-25-17-8-5-6-9-18(17)26-21)20-19(14(2)23-24-20)15-10-12-22-13-11-15/h3,5-6,8-13,16,21H,1,4,7H2,2H3,(H,23,24). The second-order valence-corrected chi connectivity index (χ2v) is 6.37. The van der Waals surface area contributed by atoms with Crippen molar-refractivity contribution in [1.82, 2.24) is 15.2 Å². The summed E-state index contributed by atoms with van der Waals surface area (Å²) in [6, 6.07) is 11.8. The Hall–Kier alpha value is -3.08. The van der Waals surface area contributed by atoms with Crippen LogP contribution in [0.2, 0.25) is 0 Å². The van der Waals surface area contributed by atoms with Crippen molar-refractivity contribution < 1.29 is 9.47 Å². The fourth-order valence-corrected chi connectivity index (χ4v) is 3.38. The average molecular weight is 347 g/mol. The molecule has 3 aromatic rings. The van der Waals surface area contributed by atoms with E-state index in [1.807, 2.05) is 49.4 Å². The van der Waals surface area contributed by atoms with Crippen LogP contribution in [0.5, 0.6) is 11.5 Å². The van der Waals surface area contributed by atoms with E-state index in [1.165, 1.54) is 0 Å². The summed E-state index contributed by atoms with van der Waals surface area (Å²) in [7, 11) is 0. The number of pyridine rings is 1. The molecule has 26 heavy (non-hydrogen) atoms. The van der Waals surface area contributed by atoms with Crippen LogP contribution in [0.25, 0.3) is 11.1 Å². The van der Waals surface area contributed by atoms with E-state index in [9.17, 15) is 0 Å². The number of fused-ring (bicyclic) bond motifs is 1. The third-order valence-corrected chi connectivity index (χ3v) is 4.64. The number of nitrogens with zero attached hydrogens (tertiary/aromatic N) is 2. The third-order valence-electron chi connectivity index (χ3n) is 4.64. The van der Waals surface area contributed by atoms with Gasteiger partial charge in [0.2, 0.25) is 6.29 Å². The largest absolute Gasteiger partial charge is 0.450 e. The van der Waals surface area contributed by atoms with Crippen LogP contribution < -0.4 is 9.47 Å². The normalized spacial score (nSPS) is 14.3. The highest BCUT2D eigenvalue weighted by Crippen LogP contribution is 2.42. The van der Waals surface area contributed by atoms with Crippen molar-refractivity contribution in [3.63, 3.8) is 0 Å². The molecule has 3 heterocycles. The maximum atomic E-state index is 6.10. The third kappa shape index (κ3) is 2.96. The molecule has 1 aromatic carbocycles. The topological polar surface area (TPSA) is 60.0 Å². The van der Waals surface area contributed by atoms with E-state index in [0.717, 1.165) is 46.9 Å². The second-order valence-electron chi connectivity index (χ2n) is 6.37. The van der Waals surface area contributed by atoms with Crippen molar-refractivity contribution in [3.8, 4) is 22.6 Å². The molecule has 1 aliphatic rings. The first-order valence-electron chi connectivity index (χ1n) is 8.76. The van der Waals surface area contributed by atoms with Gasteiger partial charge in [-0.1, -0.05) is 18.2 Å². The van der Waals surface area contributed by atoms with Gasteiger partial charge in [-0.05, 0) is 49.6 Å². The van der Waals surface area contributed by atoms with Gasteiger partial charge in [-0.15, -0.1) is 6.58 Å². The Morgan fingerprint density at radius 2 is 1.85 bits per heavy atom. The zero-order chi connectivity index (χ0) is 17.9. The molecule has 0 spiro atoms. The van der Waals surface area contributed by atoms with Gasteiger partial charge in [0.05, 0.1) is 11.6 Å². The molecule has 1 atom stereocenters. The van der Waals surface area contributed by atoms with Gasteiger partial charge in [-0.2, -0.15) is 5.10 Å². The number of benzene rings is 1. The minimum Gasteiger partial charge on any atom is -0.450 e. The van der Waals surface area contributed by atoms with Crippen molar-refractivity contribution in [3.05, 3.63) is 72.8 Å². The summed E-state index contributed by atoms with van der Waals surface area (Å²) in [4.78, 5) is 4.12. The molecule has 1 aliphatic heterocycles. The lowest BCUT2D eigenvalue weighted by Gasteiger charge is -2.22. The van der Waals surface area contributed by atoms with Crippen LogP contribution in [0, 0.1) is 6.92 Å². The molecular weight excluding hydrogens is 326 g/mol. The SMILES string of the molecule is C=CCCC(c1n[nH]c(C)c1-c1ccncc1)C1Oc2ccccc2O1. The molecule has 1 unspecified atom stereocenters. The molecule has 5 heteroatoms. The van der Waals surface area contributed by atoms with Gasteiger partial charge in [-0.25, -0.2) is 0 Å². The van der Waals surface area contributed by atoms with Gasteiger partial charge in [0.1, 0.15) is 0 Å². The first kappa shape index (κ1) is 16.4. The number of aryl methyl sites for hydroxylation is 1. The van der Waals surface area contributed by atoms with Crippen LogP contribution >= 0.6 is 0 Å². The van der Waals surface area contributed by atoms with Crippen LogP contribution in [0.1, 0.15) is 30.1 Å². The number of rotatable bonds is 6. The molecule has 0 amide bonds. The Bertz CT molecular complexity index is 880. The Kier molecular flexibility index (Phi) is 4.44. The zero-order valence-corrected chi connectivity index (χ0v) is 14.7. The summed E-state index contributed by atoms with van der Waals surface area (Å²) in [5.74, 6) is 1.53. The molecular formula is C21H21N3O2. The Morgan fingerprint density at radius 3 is 2.50 bits per heavy atom. The number of aromatic amines is 1. The molecule has 132 valence electrons. The van der Waals surface area contributed by atoms with Gasteiger partial charge in [-0.3, -0.25) is 10.1 Å². The summed E-state index contributed by atoms with van der Waals surface area (Å²) in [6.45, 7) is 5.89. The van der Waals surface area contributed by atoms with Crippen LogP contribution in [0.3, 0.4) is 0 Å². The average Bonchev–Trinajstić information content (AvgIpc) is 3.26. The van der Waals surface area contributed by atoms with Gasteiger partial charge < -0.3 is 9.47 Å². The summed E-state index contributed by atoms with van der Waals surface area (Å²) in [5.41, 5.74) is 4.14. The number of allylic oxidation sites excluding steroid dienone is 1. The van der Waals surface area contributed by atoms with Crippen molar-refractivity contribution in [2.24, 2.45) is 0 Å². The first-order valence-corrected chi connectivity index (χ1v) is 8.76. The lowest BCUT2D eigenvalue weighted by Crippen LogP contribution is -2.28. The second kappa shape index (κ2) is 7.04. The maximum absolute atomic E-state index is 6.10. The molecule has 0 radical (unpaired) electrons.